The van der Waals surface area contributed by atoms with E-state index in [1.54, 1.807) is 0 Å². The number of benzene rings is 2. The van der Waals surface area contributed by atoms with Gasteiger partial charge in [0, 0.05) is 61.2 Å². The van der Waals surface area contributed by atoms with Gasteiger partial charge in [-0.3, -0.25) is 14.3 Å². The molecule has 3 heterocycles. The number of ether oxygens (including phenoxy) is 1. The number of carbonyl (C=O) groups is 1. The molecule has 2 aromatic heterocycles. The molecule has 0 saturated carbocycles. The van der Waals surface area contributed by atoms with Gasteiger partial charge in [-0.2, -0.15) is 0 Å². The van der Waals surface area contributed by atoms with Gasteiger partial charge < -0.3 is 20.3 Å². The minimum Gasteiger partial charge on any atom is -0.378 e. The van der Waals surface area contributed by atoms with Crippen LogP contribution in [0.3, 0.4) is 0 Å². The van der Waals surface area contributed by atoms with Crippen molar-refractivity contribution in [3.05, 3.63) is 72.4 Å². The maximum Gasteiger partial charge on any atom is 0.224 e. The summed E-state index contributed by atoms with van der Waals surface area (Å²) in [6.45, 7) is 13.6. The number of hydrogen-bond donors (Lipinski definition) is 2. The third-order valence-electron chi connectivity index (χ3n) is 7.58. The zero-order valence-electron chi connectivity index (χ0n) is 24.5. The number of rotatable bonds is 11. The van der Waals surface area contributed by atoms with Crippen LogP contribution in [0.15, 0.2) is 66.9 Å². The SMILES string of the molecule is CC(C)N(CCNC(=O)Cc1cn(-c2ccc(Nc3ccc(N4CCOCC4)cc3)nn2)c2ccccc12)C(C)C. The van der Waals surface area contributed by atoms with E-state index in [0.29, 0.717) is 36.7 Å². The summed E-state index contributed by atoms with van der Waals surface area (Å²) in [7, 11) is 0. The summed E-state index contributed by atoms with van der Waals surface area (Å²) in [6.07, 6.45) is 2.31. The lowest BCUT2D eigenvalue weighted by Crippen LogP contribution is -2.42. The number of fused-ring (bicyclic) bond motifs is 1. The van der Waals surface area contributed by atoms with Gasteiger partial charge in [0.15, 0.2) is 11.6 Å². The van der Waals surface area contributed by atoms with Crippen molar-refractivity contribution < 1.29 is 9.53 Å². The minimum absolute atomic E-state index is 0.0191. The fourth-order valence-electron chi connectivity index (χ4n) is 5.50. The maximum absolute atomic E-state index is 12.9. The normalized spacial score (nSPS) is 13.9. The van der Waals surface area contributed by atoms with Gasteiger partial charge in [-0.05, 0) is 75.7 Å². The van der Waals surface area contributed by atoms with Crippen LogP contribution < -0.4 is 15.5 Å². The van der Waals surface area contributed by atoms with Crippen molar-refractivity contribution in [1.82, 2.24) is 25.0 Å². The van der Waals surface area contributed by atoms with Crippen LogP contribution in [0.5, 0.6) is 0 Å². The summed E-state index contributed by atoms with van der Waals surface area (Å²) in [4.78, 5) is 17.6. The molecule has 0 aliphatic carbocycles. The number of morpholine rings is 1. The highest BCUT2D eigenvalue weighted by molar-refractivity contribution is 5.90. The molecule has 41 heavy (non-hydrogen) atoms. The molecule has 0 spiro atoms. The molecular weight excluding hydrogens is 514 g/mol. The van der Waals surface area contributed by atoms with Crippen LogP contribution in [-0.4, -0.2) is 77.0 Å². The average Bonchev–Trinajstić information content (AvgIpc) is 3.34. The predicted molar refractivity (Wildman–Crippen MR) is 165 cm³/mol. The second-order valence-corrected chi connectivity index (χ2v) is 11.0. The van der Waals surface area contributed by atoms with E-state index in [-0.39, 0.29) is 5.91 Å². The largest absolute Gasteiger partial charge is 0.378 e. The van der Waals surface area contributed by atoms with Crippen molar-refractivity contribution in [3.63, 3.8) is 0 Å². The van der Waals surface area contributed by atoms with Gasteiger partial charge in [-0.25, -0.2) is 0 Å². The van der Waals surface area contributed by atoms with E-state index in [9.17, 15) is 4.79 Å². The van der Waals surface area contributed by atoms with Crippen molar-refractivity contribution in [2.75, 3.05) is 49.6 Å². The lowest BCUT2D eigenvalue weighted by atomic mass is 10.1. The van der Waals surface area contributed by atoms with Gasteiger partial charge >= 0.3 is 0 Å². The fourth-order valence-corrected chi connectivity index (χ4v) is 5.50. The predicted octanol–water partition coefficient (Wildman–Crippen LogP) is 4.78. The van der Waals surface area contributed by atoms with E-state index in [4.69, 9.17) is 4.74 Å². The molecule has 0 radical (unpaired) electrons. The second-order valence-electron chi connectivity index (χ2n) is 11.0. The zero-order valence-corrected chi connectivity index (χ0v) is 24.5. The Morgan fingerprint density at radius 2 is 1.68 bits per heavy atom. The quantitative estimate of drug-likeness (QED) is 0.275. The molecule has 4 aromatic rings. The number of hydrogen-bond acceptors (Lipinski definition) is 7. The standard InChI is InChI=1S/C32H41N7O2/c1-23(2)38(24(3)4)16-15-33-32(40)21-25-22-39(29-8-6-5-7-28(25)29)31-14-13-30(35-36-31)34-26-9-11-27(12-10-26)37-17-19-41-20-18-37/h5-14,22-24H,15-21H2,1-4H3,(H,33,40)(H,34,35). The van der Waals surface area contributed by atoms with Crippen LogP contribution in [0.4, 0.5) is 17.2 Å². The number of anilines is 3. The first-order valence-electron chi connectivity index (χ1n) is 14.5. The van der Waals surface area contributed by atoms with E-state index in [1.807, 2.05) is 41.1 Å². The molecule has 9 heteroatoms. The van der Waals surface area contributed by atoms with Crippen LogP contribution in [0.1, 0.15) is 33.3 Å². The number of para-hydroxylation sites is 1. The lowest BCUT2D eigenvalue weighted by molar-refractivity contribution is -0.120. The van der Waals surface area contributed by atoms with E-state index in [1.165, 1.54) is 5.69 Å². The zero-order chi connectivity index (χ0) is 28.8. The van der Waals surface area contributed by atoms with Gasteiger partial charge in [0.05, 0.1) is 25.2 Å². The summed E-state index contributed by atoms with van der Waals surface area (Å²) < 4.78 is 7.46. The molecule has 1 aliphatic rings. The van der Waals surface area contributed by atoms with Crippen molar-refractivity contribution >= 4 is 34.0 Å². The van der Waals surface area contributed by atoms with Crippen LogP contribution >= 0.6 is 0 Å². The average molecular weight is 556 g/mol. The summed E-state index contributed by atoms with van der Waals surface area (Å²) in [5.41, 5.74) is 4.10. The molecule has 1 saturated heterocycles. The van der Waals surface area contributed by atoms with E-state index in [2.05, 4.69) is 88.7 Å². The summed E-state index contributed by atoms with van der Waals surface area (Å²) in [5.74, 6) is 1.39. The highest BCUT2D eigenvalue weighted by Crippen LogP contribution is 2.26. The van der Waals surface area contributed by atoms with Crippen molar-refractivity contribution in [2.24, 2.45) is 0 Å². The molecule has 2 N–H and O–H groups in total. The third-order valence-corrected chi connectivity index (χ3v) is 7.58. The van der Waals surface area contributed by atoms with Gasteiger partial charge in [0.25, 0.3) is 0 Å². The molecule has 0 unspecified atom stereocenters. The molecule has 0 atom stereocenters. The molecule has 0 bridgehead atoms. The Morgan fingerprint density at radius 1 is 0.951 bits per heavy atom. The highest BCUT2D eigenvalue weighted by Gasteiger charge is 2.16. The van der Waals surface area contributed by atoms with E-state index in [0.717, 1.165) is 55.0 Å². The molecular formula is C32H41N7O2. The van der Waals surface area contributed by atoms with E-state index >= 15 is 0 Å². The van der Waals surface area contributed by atoms with Crippen LogP contribution in [0, 0.1) is 0 Å². The lowest BCUT2D eigenvalue weighted by Gasteiger charge is -2.30. The summed E-state index contributed by atoms with van der Waals surface area (Å²) in [6, 6.07) is 21.2. The first-order chi connectivity index (χ1) is 19.9. The number of carbonyl (C=O) groups excluding carboxylic acids is 1. The van der Waals surface area contributed by atoms with Gasteiger partial charge in [-0.1, -0.05) is 18.2 Å². The van der Waals surface area contributed by atoms with Crippen LogP contribution in [-0.2, 0) is 16.0 Å². The molecule has 216 valence electrons. The maximum atomic E-state index is 12.9. The minimum atomic E-state index is 0.0191. The molecule has 1 fully saturated rings. The first kappa shape index (κ1) is 28.6. The Hall–Kier alpha value is -3.95. The van der Waals surface area contributed by atoms with Crippen LogP contribution in [0.2, 0.25) is 0 Å². The van der Waals surface area contributed by atoms with Crippen molar-refractivity contribution in [2.45, 2.75) is 46.2 Å². The highest BCUT2D eigenvalue weighted by atomic mass is 16.5. The number of nitrogens with zero attached hydrogens (tertiary/aromatic N) is 5. The molecule has 2 aromatic carbocycles. The monoisotopic (exact) mass is 555 g/mol. The Bertz CT molecular complexity index is 1420. The summed E-state index contributed by atoms with van der Waals surface area (Å²) >= 11 is 0. The Labute approximate surface area is 242 Å². The third kappa shape index (κ3) is 7.04. The van der Waals surface area contributed by atoms with Crippen LogP contribution in [0.25, 0.3) is 16.7 Å². The summed E-state index contributed by atoms with van der Waals surface area (Å²) in [5, 5.41) is 16.4. The molecule has 5 rings (SSSR count). The van der Waals surface area contributed by atoms with Gasteiger partial charge in [0.1, 0.15) is 0 Å². The molecule has 9 nitrogen and oxygen atoms in total. The number of nitrogens with one attached hydrogen (secondary N) is 2. The van der Waals surface area contributed by atoms with Gasteiger partial charge in [0.2, 0.25) is 5.91 Å². The molecule has 1 aliphatic heterocycles. The Kier molecular flexibility index (Phi) is 9.16. The fraction of sp³-hybridized carbons (Fsp3) is 0.406. The second kappa shape index (κ2) is 13.1. The van der Waals surface area contributed by atoms with Crippen molar-refractivity contribution in [1.29, 1.82) is 0 Å². The topological polar surface area (TPSA) is 87.6 Å². The smallest absolute Gasteiger partial charge is 0.224 e. The van der Waals surface area contributed by atoms with Crippen molar-refractivity contribution in [3.8, 4) is 5.82 Å². The number of amides is 1. The molecule has 1 amide bonds. The Morgan fingerprint density at radius 3 is 2.37 bits per heavy atom. The number of aromatic nitrogens is 3. The van der Waals surface area contributed by atoms with Gasteiger partial charge in [-0.15, -0.1) is 10.2 Å². The Balaban J connectivity index is 1.24. The van der Waals surface area contributed by atoms with E-state index < -0.39 is 0 Å². The first-order valence-corrected chi connectivity index (χ1v) is 14.5.